The van der Waals surface area contributed by atoms with Crippen LogP contribution in [0.4, 0.5) is 0 Å². The Morgan fingerprint density at radius 2 is 1.00 bits per heavy atom. The molecular formula is C2H3Li2O8P. The van der Waals surface area contributed by atoms with E-state index in [2.05, 4.69) is 0 Å². The van der Waals surface area contributed by atoms with E-state index in [0.717, 1.165) is 0 Å². The first kappa shape index (κ1) is 23.2. The van der Waals surface area contributed by atoms with Crippen molar-refractivity contribution in [1.29, 1.82) is 0 Å². The molecule has 0 aromatic carbocycles. The molecule has 66 valence electrons. The zero-order chi connectivity index (χ0) is 9.65. The minimum atomic E-state index is -4.64. The molecule has 0 unspecified atom stereocenters. The Hall–Kier alpha value is 0.245. The molecular weight excluding hydrogens is 197 g/mol. The molecule has 0 aromatic heterocycles. The average molecular weight is 200 g/mol. The van der Waals surface area contributed by atoms with Crippen LogP contribution in [0, 0.1) is 0 Å². The smallest absolute Gasteiger partial charge is 0.543 e. The maximum absolute atomic E-state index is 8.93. The molecule has 0 aliphatic heterocycles. The molecule has 13 heavy (non-hydrogen) atoms. The van der Waals surface area contributed by atoms with Crippen molar-refractivity contribution in [1.82, 2.24) is 0 Å². The molecule has 0 spiro atoms. The van der Waals surface area contributed by atoms with Gasteiger partial charge in [0.2, 0.25) is 0 Å². The summed E-state index contributed by atoms with van der Waals surface area (Å²) in [5, 5.41) is 17.9. The number of carboxylic acids is 2. The molecule has 0 amide bonds. The Balaban J connectivity index is -0.0000000546. The Kier molecular flexibility index (Phi) is 18.5. The van der Waals surface area contributed by atoms with E-state index in [1.54, 1.807) is 0 Å². The van der Waals surface area contributed by atoms with Gasteiger partial charge in [-0.15, -0.1) is 0 Å². The third-order valence-corrected chi connectivity index (χ3v) is 0.167. The molecule has 0 atom stereocenters. The van der Waals surface area contributed by atoms with Crippen LogP contribution in [0.2, 0.25) is 0 Å². The van der Waals surface area contributed by atoms with Gasteiger partial charge in [-0.05, 0) is 0 Å². The molecule has 8 nitrogen and oxygen atoms in total. The third kappa shape index (κ3) is 71.3. The van der Waals surface area contributed by atoms with E-state index in [4.69, 9.17) is 39.0 Å². The summed E-state index contributed by atoms with van der Waals surface area (Å²) < 4.78 is 8.88. The summed E-state index contributed by atoms with van der Waals surface area (Å²) in [6, 6.07) is 0. The van der Waals surface area contributed by atoms with Crippen molar-refractivity contribution in [2.24, 2.45) is 0 Å². The van der Waals surface area contributed by atoms with Gasteiger partial charge in [-0.25, -0.2) is 4.57 Å². The fraction of sp³-hybridized carbons (Fsp3) is 0. The van der Waals surface area contributed by atoms with Crippen molar-refractivity contribution < 1.29 is 76.8 Å². The van der Waals surface area contributed by atoms with Gasteiger partial charge in [0.1, 0.15) is 0 Å². The van der Waals surface area contributed by atoms with Gasteiger partial charge >= 0.3 is 45.5 Å². The number of hydrogen-bond donors (Lipinski definition) is 3. The molecule has 0 saturated carbocycles. The van der Waals surface area contributed by atoms with Gasteiger partial charge in [-0.1, -0.05) is 0 Å². The monoisotopic (exact) mass is 200 g/mol. The van der Waals surface area contributed by atoms with Crippen molar-refractivity contribution in [2.75, 3.05) is 0 Å². The first-order chi connectivity index (χ1) is 4.64. The summed E-state index contributed by atoms with van der Waals surface area (Å²) in [6.07, 6.45) is 0. The Bertz CT molecular complexity index is 176. The average Bonchev–Trinajstić information content (AvgIpc) is 1.59. The summed E-state index contributed by atoms with van der Waals surface area (Å²) in [4.78, 5) is 39.4. The Morgan fingerprint density at radius 3 is 1.00 bits per heavy atom. The van der Waals surface area contributed by atoms with Crippen LogP contribution in [-0.4, -0.2) is 26.6 Å². The number of phosphoric acid groups is 1. The van der Waals surface area contributed by atoms with Gasteiger partial charge in [-0.3, -0.25) is 0 Å². The van der Waals surface area contributed by atoms with Crippen LogP contribution in [0.25, 0.3) is 0 Å². The zero-order valence-electron chi connectivity index (χ0n) is 6.83. The van der Waals surface area contributed by atoms with Crippen LogP contribution in [0.15, 0.2) is 0 Å². The van der Waals surface area contributed by atoms with Gasteiger partial charge in [0, 0.05) is 0 Å². The van der Waals surface area contributed by atoms with Crippen molar-refractivity contribution in [3.8, 4) is 0 Å². The summed E-state index contributed by atoms with van der Waals surface area (Å²) in [5.41, 5.74) is 0. The topological polar surface area (TPSA) is 158 Å². The van der Waals surface area contributed by atoms with Crippen molar-refractivity contribution in [3.05, 3.63) is 0 Å². The van der Waals surface area contributed by atoms with Gasteiger partial charge < -0.3 is 34.5 Å². The molecule has 0 saturated heterocycles. The minimum Gasteiger partial charge on any atom is -0.543 e. The summed E-state index contributed by atoms with van der Waals surface area (Å²) >= 11 is 0. The van der Waals surface area contributed by atoms with Crippen LogP contribution in [-0.2, 0) is 14.2 Å². The van der Waals surface area contributed by atoms with Gasteiger partial charge in [-0.2, -0.15) is 0 Å². The maximum atomic E-state index is 8.93. The number of carboxylic acid groups (broad SMARTS) is 2. The van der Waals surface area contributed by atoms with Crippen molar-refractivity contribution in [3.63, 3.8) is 0 Å². The molecule has 3 N–H and O–H groups in total. The summed E-state index contributed by atoms with van der Waals surface area (Å²) in [6.45, 7) is 0. The number of carbonyl (C=O) groups excluding carboxylic acids is 2. The van der Waals surface area contributed by atoms with Crippen LogP contribution in [0.5, 0.6) is 0 Å². The van der Waals surface area contributed by atoms with Crippen LogP contribution in [0.3, 0.4) is 0 Å². The normalized spacial score (nSPS) is 7.92. The first-order valence-electron chi connectivity index (χ1n) is 1.85. The SMILES string of the molecule is O=C([O-])C(=O)[O-].O=P(O)(O)O.[Li+].[Li+]. The molecule has 0 bridgehead atoms. The number of aliphatic carboxylic acids is 2. The fourth-order valence-corrected chi connectivity index (χ4v) is 0. The maximum Gasteiger partial charge on any atom is 1.00 e. The number of carbonyl (C=O) groups is 2. The van der Waals surface area contributed by atoms with E-state index in [-0.39, 0.29) is 37.7 Å². The largest absolute Gasteiger partial charge is 1.00 e. The van der Waals surface area contributed by atoms with E-state index in [1.165, 1.54) is 0 Å². The van der Waals surface area contributed by atoms with E-state index >= 15 is 0 Å². The Labute approximate surface area is 96.5 Å². The Morgan fingerprint density at radius 1 is 0.923 bits per heavy atom. The van der Waals surface area contributed by atoms with Crippen molar-refractivity contribution >= 4 is 19.8 Å². The second kappa shape index (κ2) is 10.3. The fourth-order valence-electron chi connectivity index (χ4n) is 0. The molecule has 0 aliphatic carbocycles. The summed E-state index contributed by atoms with van der Waals surface area (Å²) in [5.74, 6) is -4.37. The van der Waals surface area contributed by atoms with E-state index in [0.29, 0.717) is 0 Å². The molecule has 0 aliphatic rings. The van der Waals surface area contributed by atoms with E-state index < -0.39 is 19.8 Å². The molecule has 0 radical (unpaired) electrons. The first-order valence-corrected chi connectivity index (χ1v) is 3.41. The predicted octanol–water partition coefficient (Wildman–Crippen LogP) is -10.4. The predicted molar refractivity (Wildman–Crippen MR) is 24.3 cm³/mol. The van der Waals surface area contributed by atoms with Gasteiger partial charge in [0.25, 0.3) is 0 Å². The van der Waals surface area contributed by atoms with Crippen LogP contribution >= 0.6 is 7.82 Å². The minimum absolute atomic E-state index is 0. The third-order valence-electron chi connectivity index (χ3n) is 0.167. The number of rotatable bonds is 0. The zero-order valence-corrected chi connectivity index (χ0v) is 7.72. The van der Waals surface area contributed by atoms with Crippen LogP contribution in [0.1, 0.15) is 0 Å². The quantitative estimate of drug-likeness (QED) is 0.197. The molecule has 11 heteroatoms. The van der Waals surface area contributed by atoms with Crippen LogP contribution < -0.4 is 47.9 Å². The second-order valence-electron chi connectivity index (χ2n) is 1.09. The molecule has 0 fully saturated rings. The molecule has 0 rings (SSSR count). The second-order valence-corrected chi connectivity index (χ2v) is 2.11. The summed E-state index contributed by atoms with van der Waals surface area (Å²) in [7, 11) is -4.64. The van der Waals surface area contributed by atoms with Gasteiger partial charge in [0.05, 0.1) is 11.9 Å². The molecule has 0 heterocycles. The van der Waals surface area contributed by atoms with E-state index in [9.17, 15) is 0 Å². The molecule has 0 aromatic rings. The number of hydrogen-bond acceptors (Lipinski definition) is 5. The van der Waals surface area contributed by atoms with E-state index in [1.807, 2.05) is 0 Å². The van der Waals surface area contributed by atoms with Gasteiger partial charge in [0.15, 0.2) is 0 Å². The standard InChI is InChI=1S/C2H2O4.2Li.H3O4P/c3-1(4)2(5)6;;;1-5(2,3)4/h(H,3,4)(H,5,6);;;(H3,1,2,3,4)/q;2*+1;/p-2. The van der Waals surface area contributed by atoms with Crippen molar-refractivity contribution in [2.45, 2.75) is 0 Å².